The Morgan fingerprint density at radius 2 is 2.21 bits per heavy atom. The fraction of sp³-hybridized carbons (Fsp3) is 0.133. The van der Waals surface area contributed by atoms with Crippen molar-refractivity contribution >= 4 is 45.0 Å². The lowest BCUT2D eigenvalue weighted by atomic mass is 10.2. The molecule has 0 fully saturated rings. The summed E-state index contributed by atoms with van der Waals surface area (Å²) in [6.45, 7) is 3.50. The van der Waals surface area contributed by atoms with Crippen LogP contribution in [0.5, 0.6) is 0 Å². The molecule has 0 aliphatic carbocycles. The molecule has 0 saturated carbocycles. The number of fused-ring (bicyclic) bond motifs is 1. The van der Waals surface area contributed by atoms with Gasteiger partial charge in [-0.3, -0.25) is 19.5 Å². The minimum absolute atomic E-state index is 0.134. The van der Waals surface area contributed by atoms with E-state index in [0.717, 1.165) is 10.1 Å². The number of hydrogen-bond acceptors (Lipinski definition) is 7. The normalized spacial score (nSPS) is 10.7. The standard InChI is InChI=1S/C15H13N5O2S2/c1-2-7-23-15-19-18-14(24-15)17-12(21)8-20-9-16-11-6-4-3-5-10(11)13(20)22/h2-6,9H,1,7-8H2,(H,17,18,21). The molecule has 0 saturated heterocycles. The van der Waals surface area contributed by atoms with Crippen LogP contribution in [0.15, 0.2) is 52.4 Å². The molecule has 0 aliphatic rings. The van der Waals surface area contributed by atoms with E-state index in [4.69, 9.17) is 0 Å². The summed E-state index contributed by atoms with van der Waals surface area (Å²) in [4.78, 5) is 28.6. The zero-order valence-corrected chi connectivity index (χ0v) is 14.1. The lowest BCUT2D eigenvalue weighted by molar-refractivity contribution is -0.116. The first-order valence-corrected chi connectivity index (χ1v) is 8.79. The van der Waals surface area contributed by atoms with Gasteiger partial charge in [-0.1, -0.05) is 41.3 Å². The Labute approximate surface area is 145 Å². The summed E-state index contributed by atoms with van der Waals surface area (Å²) in [5.41, 5.74) is 0.349. The largest absolute Gasteiger partial charge is 0.299 e. The second-order valence-electron chi connectivity index (χ2n) is 4.72. The molecule has 0 aliphatic heterocycles. The van der Waals surface area contributed by atoms with Crippen molar-refractivity contribution in [2.75, 3.05) is 11.1 Å². The van der Waals surface area contributed by atoms with Gasteiger partial charge in [0.05, 0.1) is 17.2 Å². The van der Waals surface area contributed by atoms with Crippen LogP contribution < -0.4 is 10.9 Å². The third-order valence-corrected chi connectivity index (χ3v) is 4.99. The van der Waals surface area contributed by atoms with Crippen LogP contribution in [0.3, 0.4) is 0 Å². The maximum Gasteiger partial charge on any atom is 0.261 e. The van der Waals surface area contributed by atoms with Gasteiger partial charge in [-0.2, -0.15) is 0 Å². The van der Waals surface area contributed by atoms with Crippen LogP contribution in [0.4, 0.5) is 5.13 Å². The molecule has 0 bridgehead atoms. The minimum atomic E-state index is -0.356. The second kappa shape index (κ2) is 7.37. The molecule has 1 aromatic carbocycles. The van der Waals surface area contributed by atoms with Crippen LogP contribution in [0.25, 0.3) is 10.9 Å². The Morgan fingerprint density at radius 3 is 3.04 bits per heavy atom. The predicted molar refractivity (Wildman–Crippen MR) is 95.5 cm³/mol. The van der Waals surface area contributed by atoms with Gasteiger partial charge >= 0.3 is 0 Å². The first-order chi connectivity index (χ1) is 11.7. The quantitative estimate of drug-likeness (QED) is 0.412. The zero-order chi connectivity index (χ0) is 16.9. The van der Waals surface area contributed by atoms with Gasteiger partial charge in [0.2, 0.25) is 11.0 Å². The molecule has 122 valence electrons. The fourth-order valence-corrected chi connectivity index (χ4v) is 3.51. The van der Waals surface area contributed by atoms with E-state index in [-0.39, 0.29) is 18.0 Å². The van der Waals surface area contributed by atoms with Gasteiger partial charge in [-0.25, -0.2) is 4.98 Å². The number of anilines is 1. The first kappa shape index (κ1) is 16.3. The predicted octanol–water partition coefficient (Wildman–Crippen LogP) is 2.16. The zero-order valence-electron chi connectivity index (χ0n) is 12.5. The maximum absolute atomic E-state index is 12.3. The molecular formula is C15H13N5O2S2. The van der Waals surface area contributed by atoms with E-state index in [1.807, 2.05) is 6.07 Å². The van der Waals surface area contributed by atoms with Crippen molar-refractivity contribution in [3.8, 4) is 0 Å². The van der Waals surface area contributed by atoms with Crippen LogP contribution in [-0.4, -0.2) is 31.4 Å². The van der Waals surface area contributed by atoms with E-state index in [2.05, 4.69) is 27.1 Å². The van der Waals surface area contributed by atoms with Crippen LogP contribution in [0.2, 0.25) is 0 Å². The molecule has 1 N–H and O–H groups in total. The minimum Gasteiger partial charge on any atom is -0.299 e. The number of nitrogens with zero attached hydrogens (tertiary/aromatic N) is 4. The monoisotopic (exact) mass is 359 g/mol. The number of para-hydroxylation sites is 1. The Balaban J connectivity index is 1.71. The Hall–Kier alpha value is -2.52. The number of hydrogen-bond donors (Lipinski definition) is 1. The van der Waals surface area contributed by atoms with E-state index in [1.54, 1.807) is 24.3 Å². The van der Waals surface area contributed by atoms with Crippen LogP contribution >= 0.6 is 23.1 Å². The van der Waals surface area contributed by atoms with Crippen molar-refractivity contribution in [2.24, 2.45) is 0 Å². The van der Waals surface area contributed by atoms with Crippen molar-refractivity contribution in [3.63, 3.8) is 0 Å². The van der Waals surface area contributed by atoms with Gasteiger partial charge in [0, 0.05) is 5.75 Å². The molecule has 2 heterocycles. The second-order valence-corrected chi connectivity index (χ2v) is 6.96. The van der Waals surface area contributed by atoms with Crippen molar-refractivity contribution in [1.29, 1.82) is 0 Å². The molecule has 3 aromatic rings. The molecule has 0 unspecified atom stereocenters. The smallest absolute Gasteiger partial charge is 0.261 e. The number of carbonyl (C=O) groups excluding carboxylic acids is 1. The maximum atomic E-state index is 12.3. The lowest BCUT2D eigenvalue weighted by Gasteiger charge is -2.05. The molecule has 0 radical (unpaired) electrons. The number of aromatic nitrogens is 4. The highest BCUT2D eigenvalue weighted by atomic mass is 32.2. The van der Waals surface area contributed by atoms with Gasteiger partial charge < -0.3 is 0 Å². The van der Waals surface area contributed by atoms with Gasteiger partial charge in [0.25, 0.3) is 5.56 Å². The summed E-state index contributed by atoms with van der Waals surface area (Å²) < 4.78 is 2.02. The SMILES string of the molecule is C=CCSc1nnc(NC(=O)Cn2cnc3ccccc3c2=O)s1. The van der Waals surface area contributed by atoms with Crippen LogP contribution in [0.1, 0.15) is 0 Å². The summed E-state index contributed by atoms with van der Waals surface area (Å²) in [5.74, 6) is 0.367. The van der Waals surface area contributed by atoms with Gasteiger partial charge in [-0.05, 0) is 12.1 Å². The van der Waals surface area contributed by atoms with Crippen molar-refractivity contribution in [2.45, 2.75) is 10.9 Å². The van der Waals surface area contributed by atoms with Gasteiger partial charge in [0.15, 0.2) is 4.34 Å². The van der Waals surface area contributed by atoms with Crippen molar-refractivity contribution in [1.82, 2.24) is 19.7 Å². The summed E-state index contributed by atoms with van der Waals surface area (Å²) in [5, 5.41) is 11.4. The van der Waals surface area contributed by atoms with E-state index in [9.17, 15) is 9.59 Å². The molecule has 1 amide bonds. The van der Waals surface area contributed by atoms with E-state index in [1.165, 1.54) is 34.0 Å². The summed E-state index contributed by atoms with van der Waals surface area (Å²) in [7, 11) is 0. The summed E-state index contributed by atoms with van der Waals surface area (Å²) in [6.07, 6.45) is 3.14. The van der Waals surface area contributed by atoms with E-state index >= 15 is 0 Å². The number of nitrogens with one attached hydrogen (secondary N) is 1. The Bertz CT molecular complexity index is 950. The van der Waals surface area contributed by atoms with Gasteiger partial charge in [0.1, 0.15) is 6.54 Å². The number of rotatable bonds is 6. The molecule has 0 atom stereocenters. The van der Waals surface area contributed by atoms with Gasteiger partial charge in [-0.15, -0.1) is 16.8 Å². The Kier molecular flexibility index (Phi) is 5.02. The topological polar surface area (TPSA) is 89.8 Å². The lowest BCUT2D eigenvalue weighted by Crippen LogP contribution is -2.27. The number of thioether (sulfide) groups is 1. The fourth-order valence-electron chi connectivity index (χ4n) is 1.98. The molecule has 9 heteroatoms. The molecule has 3 rings (SSSR count). The van der Waals surface area contributed by atoms with Crippen LogP contribution in [0, 0.1) is 0 Å². The highest BCUT2D eigenvalue weighted by molar-refractivity contribution is 8.01. The number of amides is 1. The Morgan fingerprint density at radius 1 is 1.38 bits per heavy atom. The number of benzene rings is 1. The molecule has 2 aromatic heterocycles. The highest BCUT2D eigenvalue weighted by Crippen LogP contribution is 2.25. The summed E-state index contributed by atoms with van der Waals surface area (Å²) in [6, 6.07) is 7.01. The third kappa shape index (κ3) is 3.69. The summed E-state index contributed by atoms with van der Waals surface area (Å²) >= 11 is 2.76. The average Bonchev–Trinajstić information content (AvgIpc) is 3.03. The molecular weight excluding hydrogens is 346 g/mol. The molecule has 0 spiro atoms. The highest BCUT2D eigenvalue weighted by Gasteiger charge is 2.11. The first-order valence-electron chi connectivity index (χ1n) is 6.98. The van der Waals surface area contributed by atoms with E-state index < -0.39 is 0 Å². The molecule has 7 nitrogen and oxygen atoms in total. The van der Waals surface area contributed by atoms with E-state index in [0.29, 0.717) is 16.0 Å². The van der Waals surface area contributed by atoms with Crippen LogP contribution in [-0.2, 0) is 11.3 Å². The van der Waals surface area contributed by atoms with Crippen molar-refractivity contribution < 1.29 is 4.79 Å². The van der Waals surface area contributed by atoms with Crippen molar-refractivity contribution in [3.05, 3.63) is 53.6 Å². The third-order valence-electron chi connectivity index (χ3n) is 3.02. The average molecular weight is 359 g/mol. The number of carbonyl (C=O) groups is 1. The molecule has 24 heavy (non-hydrogen) atoms.